The Morgan fingerprint density at radius 2 is 2.27 bits per heavy atom. The molecule has 0 aliphatic carbocycles. The van der Waals surface area contributed by atoms with Gasteiger partial charge in [0.15, 0.2) is 0 Å². The Kier molecular flexibility index (Phi) is 2.47. The van der Waals surface area contributed by atoms with Crippen LogP contribution in [-0.2, 0) is 6.42 Å². The third-order valence-corrected chi connectivity index (χ3v) is 2.08. The quantitative estimate of drug-likeness (QED) is 0.772. The number of hydrogen-bond donors (Lipinski definition) is 1. The lowest BCUT2D eigenvalue weighted by Gasteiger charge is -2.02. The van der Waals surface area contributed by atoms with Crippen molar-refractivity contribution in [1.82, 2.24) is 9.38 Å². The predicted octanol–water partition coefficient (Wildman–Crippen LogP) is 0.335. The maximum absolute atomic E-state index is 12.9. The molecule has 2 N–H and O–H groups in total. The van der Waals surface area contributed by atoms with Gasteiger partial charge in [-0.2, -0.15) is 0 Å². The second-order valence-electron chi connectivity index (χ2n) is 3.20. The molecule has 2 heterocycles. The summed E-state index contributed by atoms with van der Waals surface area (Å²) < 4.78 is 14.0. The molecule has 0 bridgehead atoms. The van der Waals surface area contributed by atoms with Crippen LogP contribution < -0.4 is 11.3 Å². The summed E-state index contributed by atoms with van der Waals surface area (Å²) in [6, 6.07) is 4.12. The van der Waals surface area contributed by atoms with Gasteiger partial charge in [0.1, 0.15) is 11.5 Å². The summed E-state index contributed by atoms with van der Waals surface area (Å²) in [5, 5.41) is 0. The lowest BCUT2D eigenvalue weighted by atomic mass is 10.3. The largest absolute Gasteiger partial charge is 0.330 e. The van der Waals surface area contributed by atoms with Crippen molar-refractivity contribution >= 4 is 5.65 Å². The highest BCUT2D eigenvalue weighted by Gasteiger charge is 2.02. The highest BCUT2D eigenvalue weighted by Crippen LogP contribution is 2.01. The summed E-state index contributed by atoms with van der Waals surface area (Å²) in [6.07, 6.45) is 1.67. The van der Waals surface area contributed by atoms with Crippen molar-refractivity contribution in [3.63, 3.8) is 0 Å². The maximum atomic E-state index is 12.9. The van der Waals surface area contributed by atoms with Gasteiger partial charge in [0.2, 0.25) is 0 Å². The second-order valence-corrected chi connectivity index (χ2v) is 3.20. The van der Waals surface area contributed by atoms with Gasteiger partial charge in [-0.25, -0.2) is 9.37 Å². The molecule has 5 heteroatoms. The van der Waals surface area contributed by atoms with Crippen molar-refractivity contribution < 1.29 is 4.39 Å². The molecular formula is C10H10FN3O. The number of fused-ring (bicyclic) bond motifs is 1. The van der Waals surface area contributed by atoms with Gasteiger partial charge >= 0.3 is 0 Å². The van der Waals surface area contributed by atoms with E-state index in [1.807, 2.05) is 0 Å². The fraction of sp³-hybridized carbons (Fsp3) is 0.200. The molecule has 0 radical (unpaired) electrons. The Morgan fingerprint density at radius 1 is 1.47 bits per heavy atom. The molecular weight excluding hydrogens is 197 g/mol. The monoisotopic (exact) mass is 207 g/mol. The van der Waals surface area contributed by atoms with E-state index in [4.69, 9.17) is 5.73 Å². The molecule has 15 heavy (non-hydrogen) atoms. The number of rotatable bonds is 2. The van der Waals surface area contributed by atoms with Gasteiger partial charge in [0.05, 0.1) is 0 Å². The van der Waals surface area contributed by atoms with Crippen LogP contribution in [0.1, 0.15) is 5.69 Å². The van der Waals surface area contributed by atoms with E-state index in [2.05, 4.69) is 4.98 Å². The zero-order valence-corrected chi connectivity index (χ0v) is 7.98. The number of halogens is 1. The van der Waals surface area contributed by atoms with E-state index < -0.39 is 5.82 Å². The molecule has 2 aromatic rings. The predicted molar refractivity (Wildman–Crippen MR) is 54.2 cm³/mol. The lowest BCUT2D eigenvalue weighted by molar-refractivity contribution is 0.617. The van der Waals surface area contributed by atoms with Crippen LogP contribution in [0.3, 0.4) is 0 Å². The Balaban J connectivity index is 2.67. The second kappa shape index (κ2) is 3.78. The van der Waals surface area contributed by atoms with E-state index >= 15 is 0 Å². The molecule has 2 aromatic heterocycles. The summed E-state index contributed by atoms with van der Waals surface area (Å²) in [4.78, 5) is 15.7. The molecule has 0 aliphatic heterocycles. The summed E-state index contributed by atoms with van der Waals surface area (Å²) in [7, 11) is 0. The van der Waals surface area contributed by atoms with Crippen molar-refractivity contribution in [2.24, 2.45) is 5.73 Å². The molecule has 0 unspecified atom stereocenters. The highest BCUT2D eigenvalue weighted by molar-refractivity contribution is 5.38. The minimum atomic E-state index is -0.460. The number of aromatic nitrogens is 2. The molecule has 0 aliphatic rings. The van der Waals surface area contributed by atoms with Gasteiger partial charge in [0.25, 0.3) is 5.56 Å². The fourth-order valence-corrected chi connectivity index (χ4v) is 1.40. The SMILES string of the molecule is NCCc1cc(=O)n2cc(F)ccc2n1. The van der Waals surface area contributed by atoms with Crippen LogP contribution in [0.4, 0.5) is 4.39 Å². The first kappa shape index (κ1) is 9.79. The Labute approximate surface area is 85.2 Å². The molecule has 0 aromatic carbocycles. The molecule has 4 nitrogen and oxygen atoms in total. The molecule has 0 saturated heterocycles. The Hall–Kier alpha value is -1.75. The molecule has 78 valence electrons. The highest BCUT2D eigenvalue weighted by atomic mass is 19.1. The van der Waals surface area contributed by atoms with Crippen LogP contribution in [0.25, 0.3) is 5.65 Å². The van der Waals surface area contributed by atoms with Gasteiger partial charge in [-0.05, 0) is 18.7 Å². The van der Waals surface area contributed by atoms with Gasteiger partial charge in [-0.3, -0.25) is 9.20 Å². The molecule has 2 rings (SSSR count). The lowest BCUT2D eigenvalue weighted by Crippen LogP contribution is -2.17. The van der Waals surface area contributed by atoms with Gasteiger partial charge < -0.3 is 5.73 Å². The number of pyridine rings is 1. The topological polar surface area (TPSA) is 60.4 Å². The third-order valence-electron chi connectivity index (χ3n) is 2.08. The molecule has 0 amide bonds. The minimum absolute atomic E-state index is 0.289. The smallest absolute Gasteiger partial charge is 0.258 e. The first-order chi connectivity index (χ1) is 7.20. The molecule has 0 saturated carbocycles. The van der Waals surface area contributed by atoms with Crippen LogP contribution in [0, 0.1) is 5.82 Å². The van der Waals surface area contributed by atoms with E-state index in [1.165, 1.54) is 22.6 Å². The maximum Gasteiger partial charge on any atom is 0.258 e. The van der Waals surface area contributed by atoms with E-state index in [-0.39, 0.29) is 5.56 Å². The molecule has 0 fully saturated rings. The summed E-state index contributed by atoms with van der Waals surface area (Å²) in [5.41, 5.74) is 6.15. The Morgan fingerprint density at radius 3 is 3.00 bits per heavy atom. The average Bonchev–Trinajstić information content (AvgIpc) is 2.20. The molecule has 0 spiro atoms. The number of hydrogen-bond acceptors (Lipinski definition) is 3. The third kappa shape index (κ3) is 1.87. The van der Waals surface area contributed by atoms with E-state index in [0.29, 0.717) is 24.3 Å². The van der Waals surface area contributed by atoms with Crippen LogP contribution in [0.15, 0.2) is 29.2 Å². The summed E-state index contributed by atoms with van der Waals surface area (Å²) in [6.45, 7) is 0.434. The van der Waals surface area contributed by atoms with Crippen molar-refractivity contribution in [3.05, 3.63) is 46.3 Å². The minimum Gasteiger partial charge on any atom is -0.330 e. The van der Waals surface area contributed by atoms with E-state index in [9.17, 15) is 9.18 Å². The summed E-state index contributed by atoms with van der Waals surface area (Å²) >= 11 is 0. The van der Waals surface area contributed by atoms with Gasteiger partial charge in [0, 0.05) is 24.4 Å². The van der Waals surface area contributed by atoms with Crippen molar-refractivity contribution in [2.75, 3.05) is 6.54 Å². The zero-order valence-electron chi connectivity index (χ0n) is 7.98. The first-order valence-electron chi connectivity index (χ1n) is 4.58. The van der Waals surface area contributed by atoms with Crippen molar-refractivity contribution in [1.29, 1.82) is 0 Å². The van der Waals surface area contributed by atoms with Crippen molar-refractivity contribution in [3.8, 4) is 0 Å². The van der Waals surface area contributed by atoms with E-state index in [0.717, 1.165) is 6.20 Å². The van der Waals surface area contributed by atoms with Crippen LogP contribution in [-0.4, -0.2) is 15.9 Å². The van der Waals surface area contributed by atoms with Gasteiger partial charge in [-0.1, -0.05) is 0 Å². The Bertz CT molecular complexity index is 550. The fourth-order valence-electron chi connectivity index (χ4n) is 1.40. The van der Waals surface area contributed by atoms with Crippen LogP contribution in [0.2, 0.25) is 0 Å². The zero-order chi connectivity index (χ0) is 10.8. The first-order valence-corrected chi connectivity index (χ1v) is 4.58. The molecule has 0 atom stereocenters. The summed E-state index contributed by atoms with van der Waals surface area (Å²) in [5.74, 6) is -0.460. The van der Waals surface area contributed by atoms with Crippen LogP contribution in [0.5, 0.6) is 0 Å². The van der Waals surface area contributed by atoms with E-state index in [1.54, 1.807) is 0 Å². The average molecular weight is 207 g/mol. The normalized spacial score (nSPS) is 10.8. The van der Waals surface area contributed by atoms with Gasteiger partial charge in [-0.15, -0.1) is 0 Å². The number of nitrogens with two attached hydrogens (primary N) is 1. The number of nitrogens with zero attached hydrogens (tertiary/aromatic N) is 2. The van der Waals surface area contributed by atoms with Crippen LogP contribution >= 0.6 is 0 Å². The standard InChI is InChI=1S/C10H10FN3O/c11-7-1-2-9-13-8(3-4-12)5-10(15)14(9)6-7/h1-2,5-6H,3-4,12H2. The van der Waals surface area contributed by atoms with Crippen molar-refractivity contribution in [2.45, 2.75) is 6.42 Å².